The molecular weight excluding hydrogens is 252 g/mol. The third-order valence-corrected chi connectivity index (χ3v) is 5.58. The molecule has 0 aromatic carbocycles. The van der Waals surface area contributed by atoms with E-state index in [1.807, 2.05) is 7.05 Å². The molecule has 0 atom stereocenters. The Balaban J connectivity index is 2.06. The SMILES string of the molecule is CNC1CCC(N(C)S(=O)(=O)c2cnc[nH]2)CC1. The number of sulfonamides is 1. The molecule has 0 amide bonds. The topological polar surface area (TPSA) is 78.1 Å². The van der Waals surface area contributed by atoms with Gasteiger partial charge in [0.15, 0.2) is 5.03 Å². The molecule has 1 aliphatic rings. The Bertz CT molecular complexity index is 463. The average molecular weight is 272 g/mol. The smallest absolute Gasteiger partial charge is 0.260 e. The van der Waals surface area contributed by atoms with Crippen LogP contribution in [0.4, 0.5) is 0 Å². The van der Waals surface area contributed by atoms with E-state index in [0.717, 1.165) is 25.7 Å². The minimum absolute atomic E-state index is 0.0860. The lowest BCUT2D eigenvalue weighted by Gasteiger charge is -2.33. The molecule has 2 N–H and O–H groups in total. The van der Waals surface area contributed by atoms with Crippen LogP contribution in [0.1, 0.15) is 25.7 Å². The van der Waals surface area contributed by atoms with E-state index < -0.39 is 10.0 Å². The summed E-state index contributed by atoms with van der Waals surface area (Å²) in [6.45, 7) is 0. The van der Waals surface area contributed by atoms with Crippen molar-refractivity contribution in [3.63, 3.8) is 0 Å². The normalized spacial score (nSPS) is 25.5. The second-order valence-electron chi connectivity index (χ2n) is 4.73. The number of rotatable bonds is 4. The molecule has 2 rings (SSSR count). The first-order valence-electron chi connectivity index (χ1n) is 6.19. The van der Waals surface area contributed by atoms with Crippen LogP contribution in [0, 0.1) is 0 Å². The van der Waals surface area contributed by atoms with E-state index in [4.69, 9.17) is 0 Å². The number of imidazole rings is 1. The fourth-order valence-electron chi connectivity index (χ4n) is 2.46. The van der Waals surface area contributed by atoms with Crippen LogP contribution >= 0.6 is 0 Å². The van der Waals surface area contributed by atoms with Gasteiger partial charge in [-0.25, -0.2) is 13.4 Å². The van der Waals surface area contributed by atoms with Crippen LogP contribution in [0.3, 0.4) is 0 Å². The first-order valence-corrected chi connectivity index (χ1v) is 7.63. The summed E-state index contributed by atoms with van der Waals surface area (Å²) < 4.78 is 26.0. The van der Waals surface area contributed by atoms with Gasteiger partial charge >= 0.3 is 0 Å². The van der Waals surface area contributed by atoms with E-state index in [1.165, 1.54) is 16.8 Å². The van der Waals surface area contributed by atoms with Crippen LogP contribution in [0.2, 0.25) is 0 Å². The molecule has 0 spiro atoms. The van der Waals surface area contributed by atoms with Crippen molar-refractivity contribution in [3.05, 3.63) is 12.5 Å². The molecule has 0 bridgehead atoms. The highest BCUT2D eigenvalue weighted by molar-refractivity contribution is 7.89. The van der Waals surface area contributed by atoms with Gasteiger partial charge in [0.25, 0.3) is 10.0 Å². The zero-order valence-electron chi connectivity index (χ0n) is 10.8. The highest BCUT2D eigenvalue weighted by Gasteiger charge is 2.31. The number of nitrogens with one attached hydrogen (secondary N) is 2. The predicted octanol–water partition coefficient (Wildman–Crippen LogP) is 0.561. The minimum Gasteiger partial charge on any atom is -0.335 e. The highest BCUT2D eigenvalue weighted by Crippen LogP contribution is 2.25. The molecule has 0 radical (unpaired) electrons. The molecule has 1 heterocycles. The molecular formula is C11H20N4O2S. The van der Waals surface area contributed by atoms with Crippen LogP contribution in [0.15, 0.2) is 17.6 Å². The van der Waals surface area contributed by atoms with Crippen molar-refractivity contribution in [2.45, 2.75) is 42.8 Å². The van der Waals surface area contributed by atoms with Crippen LogP contribution in [-0.2, 0) is 10.0 Å². The minimum atomic E-state index is -3.42. The molecule has 0 aliphatic heterocycles. The summed E-state index contributed by atoms with van der Waals surface area (Å²) in [5, 5.41) is 3.41. The molecule has 1 aromatic heterocycles. The third kappa shape index (κ3) is 2.57. The van der Waals surface area contributed by atoms with Gasteiger partial charge in [0.05, 0.1) is 12.5 Å². The highest BCUT2D eigenvalue weighted by atomic mass is 32.2. The maximum Gasteiger partial charge on any atom is 0.260 e. The van der Waals surface area contributed by atoms with Gasteiger partial charge in [-0.1, -0.05) is 0 Å². The number of hydrogen-bond donors (Lipinski definition) is 2. The second-order valence-corrected chi connectivity index (χ2v) is 6.70. The van der Waals surface area contributed by atoms with Crippen molar-refractivity contribution in [3.8, 4) is 0 Å². The summed E-state index contributed by atoms with van der Waals surface area (Å²) in [7, 11) is 0.183. The lowest BCUT2D eigenvalue weighted by atomic mass is 9.91. The average Bonchev–Trinajstić information content (AvgIpc) is 2.92. The molecule has 102 valence electrons. The standard InChI is InChI=1S/C11H20N4O2S/c1-12-9-3-5-10(6-4-9)15(2)18(16,17)11-7-13-8-14-11/h7-10,12H,3-6H2,1-2H3,(H,13,14). The van der Waals surface area contributed by atoms with Crippen LogP contribution in [-0.4, -0.2) is 48.9 Å². The van der Waals surface area contributed by atoms with Crippen LogP contribution in [0.5, 0.6) is 0 Å². The van der Waals surface area contributed by atoms with Crippen molar-refractivity contribution in [1.29, 1.82) is 0 Å². The van der Waals surface area contributed by atoms with E-state index in [2.05, 4.69) is 15.3 Å². The van der Waals surface area contributed by atoms with Gasteiger partial charge in [0.1, 0.15) is 0 Å². The number of nitrogens with zero attached hydrogens (tertiary/aromatic N) is 2. The number of aromatic amines is 1. The Labute approximate surface area is 108 Å². The summed E-state index contributed by atoms with van der Waals surface area (Å²) in [5.74, 6) is 0. The summed E-state index contributed by atoms with van der Waals surface area (Å²) >= 11 is 0. The monoisotopic (exact) mass is 272 g/mol. The number of hydrogen-bond acceptors (Lipinski definition) is 4. The van der Waals surface area contributed by atoms with Gasteiger partial charge in [-0.05, 0) is 32.7 Å². The third-order valence-electron chi connectivity index (χ3n) is 3.75. The summed E-state index contributed by atoms with van der Waals surface area (Å²) in [6.07, 6.45) is 6.57. The first-order chi connectivity index (χ1) is 8.55. The Kier molecular flexibility index (Phi) is 4.04. The first kappa shape index (κ1) is 13.5. The number of H-pyrrole nitrogens is 1. The van der Waals surface area contributed by atoms with Crippen molar-refractivity contribution in [1.82, 2.24) is 19.6 Å². The van der Waals surface area contributed by atoms with Gasteiger partial charge in [0.2, 0.25) is 0 Å². The maximum absolute atomic E-state index is 12.3. The fraction of sp³-hybridized carbons (Fsp3) is 0.727. The van der Waals surface area contributed by atoms with Crippen molar-refractivity contribution in [2.75, 3.05) is 14.1 Å². The number of aromatic nitrogens is 2. The lowest BCUT2D eigenvalue weighted by molar-refractivity contribution is 0.254. The second kappa shape index (κ2) is 5.38. The summed E-state index contributed by atoms with van der Waals surface area (Å²) in [4.78, 5) is 6.43. The van der Waals surface area contributed by atoms with E-state index in [1.54, 1.807) is 7.05 Å². The largest absolute Gasteiger partial charge is 0.335 e. The van der Waals surface area contributed by atoms with Gasteiger partial charge < -0.3 is 10.3 Å². The predicted molar refractivity (Wildman–Crippen MR) is 68.6 cm³/mol. The van der Waals surface area contributed by atoms with Gasteiger partial charge in [-0.15, -0.1) is 0 Å². The molecule has 6 nitrogen and oxygen atoms in total. The zero-order valence-corrected chi connectivity index (χ0v) is 11.6. The Morgan fingerprint density at radius 1 is 1.39 bits per heavy atom. The Morgan fingerprint density at radius 3 is 2.56 bits per heavy atom. The van der Waals surface area contributed by atoms with Crippen molar-refractivity contribution in [2.24, 2.45) is 0 Å². The van der Waals surface area contributed by atoms with E-state index >= 15 is 0 Å². The molecule has 0 saturated heterocycles. The van der Waals surface area contributed by atoms with Crippen molar-refractivity contribution >= 4 is 10.0 Å². The fourth-order valence-corrected chi connectivity index (χ4v) is 3.77. The molecule has 1 aliphatic carbocycles. The molecule has 1 saturated carbocycles. The quantitative estimate of drug-likeness (QED) is 0.839. The van der Waals surface area contributed by atoms with Gasteiger partial charge in [-0.3, -0.25) is 0 Å². The molecule has 1 aromatic rings. The molecule has 0 unspecified atom stereocenters. The van der Waals surface area contributed by atoms with E-state index in [0.29, 0.717) is 6.04 Å². The molecule has 1 fully saturated rings. The molecule has 18 heavy (non-hydrogen) atoms. The Morgan fingerprint density at radius 2 is 2.06 bits per heavy atom. The Hall–Kier alpha value is -0.920. The van der Waals surface area contributed by atoms with Gasteiger partial charge in [-0.2, -0.15) is 4.31 Å². The van der Waals surface area contributed by atoms with E-state index in [9.17, 15) is 8.42 Å². The van der Waals surface area contributed by atoms with Crippen LogP contribution in [0.25, 0.3) is 0 Å². The molecule has 7 heteroatoms. The maximum atomic E-state index is 12.3. The van der Waals surface area contributed by atoms with Crippen LogP contribution < -0.4 is 5.32 Å². The van der Waals surface area contributed by atoms with Gasteiger partial charge in [0, 0.05) is 19.1 Å². The lowest BCUT2D eigenvalue weighted by Crippen LogP contribution is -2.42. The van der Waals surface area contributed by atoms with E-state index in [-0.39, 0.29) is 11.1 Å². The zero-order chi connectivity index (χ0) is 13.2. The summed E-state index contributed by atoms with van der Waals surface area (Å²) in [6, 6.07) is 0.604. The van der Waals surface area contributed by atoms with Crippen molar-refractivity contribution < 1.29 is 8.42 Å². The summed E-state index contributed by atoms with van der Waals surface area (Å²) in [5.41, 5.74) is 0.